The first kappa shape index (κ1) is 24.5. The van der Waals surface area contributed by atoms with Crippen LogP contribution in [0.4, 0.5) is 8.78 Å². The number of aromatic nitrogens is 1. The van der Waals surface area contributed by atoms with E-state index in [1.807, 2.05) is 49.6 Å². The van der Waals surface area contributed by atoms with E-state index in [0.717, 1.165) is 11.1 Å². The zero-order valence-electron chi connectivity index (χ0n) is 19.6. The molecule has 1 atom stereocenters. The molecule has 35 heavy (non-hydrogen) atoms. The fourth-order valence-electron chi connectivity index (χ4n) is 3.79. The summed E-state index contributed by atoms with van der Waals surface area (Å²) in [5, 5.41) is 4.84. The van der Waals surface area contributed by atoms with Crippen LogP contribution in [0.5, 0.6) is 0 Å². The number of hydrogen-bond donors (Lipinski definition) is 1. The van der Waals surface area contributed by atoms with Crippen molar-refractivity contribution < 1.29 is 13.6 Å². The van der Waals surface area contributed by atoms with Gasteiger partial charge in [-0.15, -0.1) is 11.3 Å². The molecule has 0 aliphatic heterocycles. The first-order valence-corrected chi connectivity index (χ1v) is 12.4. The molecule has 1 N–H and O–H groups in total. The minimum Gasteiger partial charge on any atom is -0.350 e. The van der Waals surface area contributed by atoms with Gasteiger partial charge in [-0.2, -0.15) is 0 Å². The van der Waals surface area contributed by atoms with E-state index < -0.39 is 11.9 Å². The summed E-state index contributed by atoms with van der Waals surface area (Å²) in [5.41, 5.74) is 2.72. The fourth-order valence-corrected chi connectivity index (χ4v) is 4.74. The van der Waals surface area contributed by atoms with Crippen molar-refractivity contribution in [3.63, 3.8) is 0 Å². The molecule has 0 saturated heterocycles. The summed E-state index contributed by atoms with van der Waals surface area (Å²) in [5.74, 6) is -0.716. The van der Waals surface area contributed by atoms with Gasteiger partial charge in [0.15, 0.2) is 4.80 Å². The third kappa shape index (κ3) is 6.11. The van der Waals surface area contributed by atoms with E-state index >= 15 is 0 Å². The van der Waals surface area contributed by atoms with Gasteiger partial charge in [-0.05, 0) is 59.9 Å². The number of nitrogens with one attached hydrogen (secondary N) is 1. The molecular formula is C28H27F2N3OS. The van der Waals surface area contributed by atoms with E-state index in [0.29, 0.717) is 29.1 Å². The highest BCUT2D eigenvalue weighted by atomic mass is 32.1. The lowest BCUT2D eigenvalue weighted by molar-refractivity contribution is -0.122. The van der Waals surface area contributed by atoms with Crippen molar-refractivity contribution in [3.8, 4) is 16.9 Å². The number of thiazole rings is 1. The zero-order chi connectivity index (χ0) is 24.8. The molecule has 0 bridgehead atoms. The molecule has 0 radical (unpaired) electrons. The number of para-hydroxylation sites is 1. The Morgan fingerprint density at radius 1 is 0.971 bits per heavy atom. The molecule has 4 aromatic rings. The molecule has 1 amide bonds. The topological polar surface area (TPSA) is 46.4 Å². The van der Waals surface area contributed by atoms with Gasteiger partial charge in [-0.1, -0.05) is 56.3 Å². The van der Waals surface area contributed by atoms with Crippen molar-refractivity contribution in [2.45, 2.75) is 32.9 Å². The van der Waals surface area contributed by atoms with Crippen molar-refractivity contribution in [1.82, 2.24) is 9.88 Å². The van der Waals surface area contributed by atoms with Gasteiger partial charge >= 0.3 is 0 Å². The number of nitrogens with zero attached hydrogens (tertiary/aromatic N) is 2. The maximum absolute atomic E-state index is 14.9. The summed E-state index contributed by atoms with van der Waals surface area (Å²) < 4.78 is 30.2. The SMILES string of the molecule is CC(C)C[C@H](N=c1scc(-c2ccc(F)cc2)n1-c1ccccc1F)C(=O)NCc1ccccc1. The lowest BCUT2D eigenvalue weighted by atomic mass is 10.0. The third-order valence-corrected chi connectivity index (χ3v) is 6.35. The predicted molar refractivity (Wildman–Crippen MR) is 136 cm³/mol. The van der Waals surface area contributed by atoms with Crippen LogP contribution < -0.4 is 10.1 Å². The standard InChI is InChI=1S/C28H27F2N3OS/c1-19(2)16-24(27(34)31-17-20-8-4-3-5-9-20)32-28-33(25-11-7-6-10-23(25)30)26(18-35-28)21-12-14-22(29)15-13-21/h3-15,18-19,24H,16-17H2,1-2H3,(H,31,34)/t24-/m0/s1. The van der Waals surface area contributed by atoms with E-state index in [-0.39, 0.29) is 17.6 Å². The monoisotopic (exact) mass is 491 g/mol. The van der Waals surface area contributed by atoms with Crippen LogP contribution in [0.15, 0.2) is 89.2 Å². The Bertz CT molecular complexity index is 1340. The Morgan fingerprint density at radius 2 is 1.66 bits per heavy atom. The van der Waals surface area contributed by atoms with Gasteiger partial charge in [0.25, 0.3) is 0 Å². The van der Waals surface area contributed by atoms with E-state index in [4.69, 9.17) is 4.99 Å². The fraction of sp³-hybridized carbons (Fsp3) is 0.214. The number of rotatable bonds is 8. The number of amides is 1. The maximum Gasteiger partial charge on any atom is 0.245 e. The molecule has 0 spiro atoms. The van der Waals surface area contributed by atoms with Gasteiger partial charge in [0.05, 0.1) is 11.4 Å². The van der Waals surface area contributed by atoms with Crippen LogP contribution in [0.2, 0.25) is 0 Å². The maximum atomic E-state index is 14.9. The third-order valence-electron chi connectivity index (χ3n) is 5.51. The minimum absolute atomic E-state index is 0.181. The summed E-state index contributed by atoms with van der Waals surface area (Å²) in [6, 6.07) is 21.5. The molecule has 0 saturated carbocycles. The molecule has 3 aromatic carbocycles. The summed E-state index contributed by atoms with van der Waals surface area (Å²) in [6.07, 6.45) is 0.543. The van der Waals surface area contributed by atoms with Gasteiger partial charge in [0, 0.05) is 11.9 Å². The van der Waals surface area contributed by atoms with Crippen molar-refractivity contribution in [3.05, 3.63) is 106 Å². The van der Waals surface area contributed by atoms with Crippen LogP contribution in [0.1, 0.15) is 25.8 Å². The normalized spacial score (nSPS) is 12.7. The van der Waals surface area contributed by atoms with Crippen LogP contribution in [0.3, 0.4) is 0 Å². The van der Waals surface area contributed by atoms with Gasteiger partial charge in [-0.3, -0.25) is 9.36 Å². The lowest BCUT2D eigenvalue weighted by Gasteiger charge is -2.16. The van der Waals surface area contributed by atoms with Crippen molar-refractivity contribution in [2.75, 3.05) is 0 Å². The van der Waals surface area contributed by atoms with Gasteiger partial charge in [-0.25, -0.2) is 13.8 Å². The summed E-state index contributed by atoms with van der Waals surface area (Å²) in [4.78, 5) is 18.5. The van der Waals surface area contributed by atoms with E-state index in [9.17, 15) is 13.6 Å². The number of benzene rings is 3. The molecule has 1 aromatic heterocycles. The second-order valence-corrected chi connectivity index (χ2v) is 9.51. The molecule has 180 valence electrons. The number of carbonyl (C=O) groups is 1. The predicted octanol–water partition coefficient (Wildman–Crippen LogP) is 6.12. The summed E-state index contributed by atoms with van der Waals surface area (Å²) in [6.45, 7) is 4.48. The minimum atomic E-state index is -0.642. The van der Waals surface area contributed by atoms with Crippen molar-refractivity contribution >= 4 is 17.2 Å². The molecule has 4 rings (SSSR count). The highest BCUT2D eigenvalue weighted by Gasteiger charge is 2.21. The van der Waals surface area contributed by atoms with Crippen LogP contribution >= 0.6 is 11.3 Å². The van der Waals surface area contributed by atoms with E-state index in [1.165, 1.54) is 29.5 Å². The van der Waals surface area contributed by atoms with Gasteiger partial charge in [0.1, 0.15) is 17.7 Å². The Kier molecular flexibility index (Phi) is 7.87. The molecule has 0 unspecified atom stereocenters. The Labute approximate surface area is 207 Å². The molecule has 4 nitrogen and oxygen atoms in total. The van der Waals surface area contributed by atoms with Crippen LogP contribution in [-0.2, 0) is 11.3 Å². The molecule has 7 heteroatoms. The largest absolute Gasteiger partial charge is 0.350 e. The highest BCUT2D eigenvalue weighted by Crippen LogP contribution is 2.25. The van der Waals surface area contributed by atoms with Gasteiger partial charge < -0.3 is 5.32 Å². The number of carbonyl (C=O) groups excluding carboxylic acids is 1. The number of halogens is 2. The smallest absolute Gasteiger partial charge is 0.245 e. The lowest BCUT2D eigenvalue weighted by Crippen LogP contribution is -2.35. The molecule has 0 aliphatic rings. The Hall–Kier alpha value is -3.58. The number of hydrogen-bond acceptors (Lipinski definition) is 3. The van der Waals surface area contributed by atoms with E-state index in [2.05, 4.69) is 5.32 Å². The average molecular weight is 492 g/mol. The van der Waals surface area contributed by atoms with E-state index in [1.54, 1.807) is 34.9 Å². The van der Waals surface area contributed by atoms with Crippen molar-refractivity contribution in [1.29, 1.82) is 0 Å². The summed E-state index contributed by atoms with van der Waals surface area (Å²) in [7, 11) is 0. The second kappa shape index (κ2) is 11.2. The van der Waals surface area contributed by atoms with Crippen LogP contribution in [-0.4, -0.2) is 16.5 Å². The zero-order valence-corrected chi connectivity index (χ0v) is 20.4. The highest BCUT2D eigenvalue weighted by molar-refractivity contribution is 7.07. The summed E-state index contributed by atoms with van der Waals surface area (Å²) >= 11 is 1.32. The quantitative estimate of drug-likeness (QED) is 0.317. The first-order valence-electron chi connectivity index (χ1n) is 11.5. The van der Waals surface area contributed by atoms with Gasteiger partial charge in [0.2, 0.25) is 5.91 Å². The first-order chi connectivity index (χ1) is 16.9. The molecule has 0 aliphatic carbocycles. The Morgan fingerprint density at radius 3 is 2.34 bits per heavy atom. The van der Waals surface area contributed by atoms with Crippen LogP contribution in [0.25, 0.3) is 16.9 Å². The molecular weight excluding hydrogens is 464 g/mol. The second-order valence-electron chi connectivity index (χ2n) is 8.68. The van der Waals surface area contributed by atoms with Crippen molar-refractivity contribution in [2.24, 2.45) is 10.9 Å². The Balaban J connectivity index is 1.77. The molecule has 0 fully saturated rings. The van der Waals surface area contributed by atoms with Crippen LogP contribution in [0, 0.1) is 17.6 Å². The average Bonchev–Trinajstić information content (AvgIpc) is 3.26. The molecule has 1 heterocycles.